The molecule has 0 aliphatic rings. The molecule has 0 unspecified atom stereocenters. The van der Waals surface area contributed by atoms with Crippen molar-refractivity contribution in [1.82, 2.24) is 4.98 Å². The second-order valence-electron chi connectivity index (χ2n) is 3.54. The van der Waals surface area contributed by atoms with Crippen LogP contribution in [0.25, 0.3) is 11.3 Å². The van der Waals surface area contributed by atoms with Crippen molar-refractivity contribution in [2.24, 2.45) is 0 Å². The average molecular weight is 273 g/mol. The maximum absolute atomic E-state index is 13.4. The molecular weight excluding hydrogens is 269 g/mol. The van der Waals surface area contributed by atoms with Crippen LogP contribution in [0.15, 0.2) is 18.3 Å². The van der Waals surface area contributed by atoms with Gasteiger partial charge in [-0.2, -0.15) is 0 Å². The van der Waals surface area contributed by atoms with Crippen LogP contribution in [0.4, 0.5) is 22.0 Å². The normalized spacial score (nSPS) is 10.6. The summed E-state index contributed by atoms with van der Waals surface area (Å²) in [5.41, 5.74) is -1.49. The van der Waals surface area contributed by atoms with Gasteiger partial charge in [-0.15, -0.1) is 0 Å². The fourth-order valence-electron chi connectivity index (χ4n) is 1.45. The summed E-state index contributed by atoms with van der Waals surface area (Å²) in [5, 5.41) is 0. The Bertz CT molecular complexity index is 625. The molecule has 19 heavy (non-hydrogen) atoms. The predicted molar refractivity (Wildman–Crippen MR) is 54.9 cm³/mol. The largest absolute Gasteiger partial charge is 0.298 e. The highest BCUT2D eigenvalue weighted by Crippen LogP contribution is 2.30. The standard InChI is InChI=1S/C12H4F5NO/c13-8-7(6-2-1-5(4-19)3-18-6)9(14)11(16)12(17)10(8)15/h1-4H. The zero-order valence-corrected chi connectivity index (χ0v) is 9.05. The van der Waals surface area contributed by atoms with Crippen LogP contribution in [-0.4, -0.2) is 11.3 Å². The monoisotopic (exact) mass is 273 g/mol. The Kier molecular flexibility index (Phi) is 3.28. The van der Waals surface area contributed by atoms with E-state index in [1.54, 1.807) is 0 Å². The zero-order chi connectivity index (χ0) is 14.2. The highest BCUT2D eigenvalue weighted by Gasteiger charge is 2.27. The average Bonchev–Trinajstić information content (AvgIpc) is 2.44. The molecule has 2 nitrogen and oxygen atoms in total. The lowest BCUT2D eigenvalue weighted by atomic mass is 10.1. The summed E-state index contributed by atoms with van der Waals surface area (Å²) < 4.78 is 65.7. The molecule has 0 N–H and O–H groups in total. The number of nitrogens with zero attached hydrogens (tertiary/aromatic N) is 1. The summed E-state index contributed by atoms with van der Waals surface area (Å²) in [7, 11) is 0. The summed E-state index contributed by atoms with van der Waals surface area (Å²) in [6, 6.07) is 2.13. The smallest absolute Gasteiger partial charge is 0.200 e. The number of hydrogen-bond donors (Lipinski definition) is 0. The molecule has 0 radical (unpaired) electrons. The molecule has 0 amide bonds. The molecule has 1 aromatic carbocycles. The van der Waals surface area contributed by atoms with Gasteiger partial charge in [-0.05, 0) is 12.1 Å². The van der Waals surface area contributed by atoms with Crippen molar-refractivity contribution in [2.75, 3.05) is 0 Å². The molecule has 7 heteroatoms. The molecule has 0 aliphatic carbocycles. The number of carbonyl (C=O) groups excluding carboxylic acids is 1. The first-order valence-electron chi connectivity index (χ1n) is 4.90. The number of carbonyl (C=O) groups is 1. The van der Waals surface area contributed by atoms with Crippen LogP contribution in [-0.2, 0) is 0 Å². The van der Waals surface area contributed by atoms with Gasteiger partial charge in [0.05, 0.1) is 11.3 Å². The summed E-state index contributed by atoms with van der Waals surface area (Å²) in [5.74, 6) is -10.3. The van der Waals surface area contributed by atoms with Gasteiger partial charge < -0.3 is 0 Å². The molecule has 0 saturated carbocycles. The van der Waals surface area contributed by atoms with Gasteiger partial charge in [0.15, 0.2) is 29.6 Å². The van der Waals surface area contributed by atoms with E-state index in [0.717, 1.165) is 18.3 Å². The summed E-state index contributed by atoms with van der Waals surface area (Å²) in [6.07, 6.45) is 1.38. The number of hydrogen-bond acceptors (Lipinski definition) is 2. The second-order valence-corrected chi connectivity index (χ2v) is 3.54. The first-order chi connectivity index (χ1) is 8.97. The third-order valence-corrected chi connectivity index (χ3v) is 2.39. The Labute approximate surface area is 103 Å². The molecule has 2 rings (SSSR count). The van der Waals surface area contributed by atoms with Gasteiger partial charge in [0.25, 0.3) is 0 Å². The zero-order valence-electron chi connectivity index (χ0n) is 9.05. The van der Waals surface area contributed by atoms with Crippen molar-refractivity contribution < 1.29 is 26.7 Å². The van der Waals surface area contributed by atoms with Gasteiger partial charge in [0.1, 0.15) is 0 Å². The van der Waals surface area contributed by atoms with Crippen molar-refractivity contribution >= 4 is 6.29 Å². The molecule has 1 aromatic heterocycles. The van der Waals surface area contributed by atoms with Gasteiger partial charge in [-0.3, -0.25) is 9.78 Å². The van der Waals surface area contributed by atoms with Gasteiger partial charge in [-0.1, -0.05) is 0 Å². The van der Waals surface area contributed by atoms with Crippen molar-refractivity contribution in [2.45, 2.75) is 0 Å². The van der Waals surface area contributed by atoms with E-state index >= 15 is 0 Å². The first kappa shape index (κ1) is 13.1. The van der Waals surface area contributed by atoms with E-state index in [2.05, 4.69) is 4.98 Å². The van der Waals surface area contributed by atoms with Gasteiger partial charge in [0.2, 0.25) is 5.82 Å². The molecule has 0 atom stereocenters. The lowest BCUT2D eigenvalue weighted by molar-refractivity contribution is 0.112. The van der Waals surface area contributed by atoms with Crippen LogP contribution in [0, 0.1) is 29.1 Å². The molecule has 0 saturated heterocycles. The number of pyridine rings is 1. The number of halogens is 5. The van der Waals surface area contributed by atoms with E-state index in [1.165, 1.54) is 0 Å². The maximum atomic E-state index is 13.4. The Hall–Kier alpha value is -2.31. The number of aldehydes is 1. The van der Waals surface area contributed by atoms with Crippen LogP contribution in [0.2, 0.25) is 0 Å². The van der Waals surface area contributed by atoms with Crippen molar-refractivity contribution in [3.8, 4) is 11.3 Å². The lowest BCUT2D eigenvalue weighted by Crippen LogP contribution is -2.04. The summed E-state index contributed by atoms with van der Waals surface area (Å²) >= 11 is 0. The molecule has 0 fully saturated rings. The predicted octanol–water partition coefficient (Wildman–Crippen LogP) is 3.26. The van der Waals surface area contributed by atoms with Gasteiger partial charge >= 0.3 is 0 Å². The number of aromatic nitrogens is 1. The van der Waals surface area contributed by atoms with E-state index < -0.39 is 40.3 Å². The molecular formula is C12H4F5NO. The van der Waals surface area contributed by atoms with Gasteiger partial charge in [0, 0.05) is 11.8 Å². The highest BCUT2D eigenvalue weighted by atomic mass is 19.2. The van der Waals surface area contributed by atoms with Crippen LogP contribution < -0.4 is 0 Å². The molecule has 98 valence electrons. The third-order valence-electron chi connectivity index (χ3n) is 2.39. The second kappa shape index (κ2) is 4.75. The number of rotatable bonds is 2. The topological polar surface area (TPSA) is 30.0 Å². The minimum absolute atomic E-state index is 0.104. The van der Waals surface area contributed by atoms with Crippen molar-refractivity contribution in [1.29, 1.82) is 0 Å². The Morgan fingerprint density at radius 3 is 1.79 bits per heavy atom. The minimum atomic E-state index is -2.23. The van der Waals surface area contributed by atoms with Crippen LogP contribution >= 0.6 is 0 Å². The molecule has 2 aromatic rings. The lowest BCUT2D eigenvalue weighted by Gasteiger charge is -2.07. The third kappa shape index (κ3) is 2.07. The fourth-order valence-corrected chi connectivity index (χ4v) is 1.45. The SMILES string of the molecule is O=Cc1ccc(-c2c(F)c(F)c(F)c(F)c2F)nc1. The fraction of sp³-hybridized carbons (Fsp3) is 0. The van der Waals surface area contributed by atoms with E-state index in [4.69, 9.17) is 0 Å². The van der Waals surface area contributed by atoms with Crippen molar-refractivity contribution in [3.05, 3.63) is 53.0 Å². The van der Waals surface area contributed by atoms with E-state index in [0.29, 0.717) is 6.29 Å². The first-order valence-corrected chi connectivity index (χ1v) is 4.90. The molecule has 0 bridgehead atoms. The van der Waals surface area contributed by atoms with Crippen LogP contribution in [0.1, 0.15) is 10.4 Å². The van der Waals surface area contributed by atoms with E-state index in [9.17, 15) is 26.7 Å². The minimum Gasteiger partial charge on any atom is -0.298 e. The van der Waals surface area contributed by atoms with Crippen LogP contribution in [0.5, 0.6) is 0 Å². The van der Waals surface area contributed by atoms with Crippen molar-refractivity contribution in [3.63, 3.8) is 0 Å². The Balaban J connectivity index is 2.71. The highest BCUT2D eigenvalue weighted by molar-refractivity contribution is 5.75. The van der Waals surface area contributed by atoms with E-state index in [1.807, 2.05) is 0 Å². The molecule has 0 aliphatic heterocycles. The Morgan fingerprint density at radius 2 is 1.37 bits per heavy atom. The molecule has 1 heterocycles. The summed E-state index contributed by atoms with van der Waals surface area (Å²) in [6.45, 7) is 0. The van der Waals surface area contributed by atoms with E-state index in [-0.39, 0.29) is 5.56 Å². The van der Waals surface area contributed by atoms with Crippen LogP contribution in [0.3, 0.4) is 0 Å². The molecule has 0 spiro atoms. The van der Waals surface area contributed by atoms with Gasteiger partial charge in [-0.25, -0.2) is 22.0 Å². The maximum Gasteiger partial charge on any atom is 0.200 e. The summed E-state index contributed by atoms with van der Waals surface area (Å²) in [4.78, 5) is 13.9. The number of benzene rings is 1. The Morgan fingerprint density at radius 1 is 0.842 bits per heavy atom. The quantitative estimate of drug-likeness (QED) is 0.364.